The van der Waals surface area contributed by atoms with E-state index in [-0.39, 0.29) is 12.2 Å². The molecule has 0 unspecified atom stereocenters. The lowest BCUT2D eigenvalue weighted by molar-refractivity contribution is -0.122. The quantitative estimate of drug-likeness (QED) is 0.654. The largest absolute Gasteiger partial charge is 0.478 e. The maximum atomic E-state index is 13.0. The van der Waals surface area contributed by atoms with Crippen LogP contribution in [-0.4, -0.2) is 24.5 Å². The molecular formula is C21H17N3O4. The second-order valence-corrected chi connectivity index (χ2v) is 6.29. The second-order valence-electron chi connectivity index (χ2n) is 6.29. The minimum absolute atomic E-state index is 0.173. The fraction of sp³-hybridized carbons (Fsp3) is 0.143. The van der Waals surface area contributed by atoms with Gasteiger partial charge in [-0.2, -0.15) is 5.26 Å². The van der Waals surface area contributed by atoms with Gasteiger partial charge in [0.1, 0.15) is 17.4 Å². The Morgan fingerprint density at radius 1 is 1.11 bits per heavy atom. The third kappa shape index (κ3) is 3.76. The molecule has 0 spiro atoms. The van der Waals surface area contributed by atoms with Crippen LogP contribution in [-0.2, 0) is 9.59 Å². The van der Waals surface area contributed by atoms with Gasteiger partial charge in [-0.15, -0.1) is 0 Å². The number of carbonyl (C=O) groups is 3. The van der Waals surface area contributed by atoms with E-state index < -0.39 is 17.8 Å². The van der Waals surface area contributed by atoms with Crippen LogP contribution in [0.15, 0.2) is 48.0 Å². The van der Waals surface area contributed by atoms with Crippen LogP contribution >= 0.6 is 0 Å². The molecule has 7 nitrogen and oxygen atoms in total. The van der Waals surface area contributed by atoms with Crippen molar-refractivity contribution in [1.29, 1.82) is 5.26 Å². The van der Waals surface area contributed by atoms with Crippen LogP contribution < -0.4 is 15.0 Å². The molecule has 0 aromatic heterocycles. The number of aryl methyl sites for hydroxylation is 2. The molecule has 1 aliphatic rings. The number of amides is 4. The molecule has 1 saturated heterocycles. The van der Waals surface area contributed by atoms with Gasteiger partial charge in [0.15, 0.2) is 6.61 Å². The summed E-state index contributed by atoms with van der Waals surface area (Å²) in [6.07, 6.45) is 1.35. The van der Waals surface area contributed by atoms with Crippen LogP contribution in [0.3, 0.4) is 0 Å². The van der Waals surface area contributed by atoms with Crippen LogP contribution in [0.25, 0.3) is 6.08 Å². The van der Waals surface area contributed by atoms with Crippen molar-refractivity contribution in [3.63, 3.8) is 0 Å². The fourth-order valence-corrected chi connectivity index (χ4v) is 2.97. The van der Waals surface area contributed by atoms with Gasteiger partial charge in [-0.1, -0.05) is 24.3 Å². The predicted molar refractivity (Wildman–Crippen MR) is 102 cm³/mol. The Kier molecular flexibility index (Phi) is 5.23. The highest BCUT2D eigenvalue weighted by Crippen LogP contribution is 2.26. The summed E-state index contributed by atoms with van der Waals surface area (Å²) in [7, 11) is 0. The standard InChI is InChI=1S/C21H17N3O4/c1-13-9-14(2)11-16(10-13)24-20(26)17(19(25)23-21(24)27)12-15-5-3-4-6-18(15)28-8-7-22/h3-6,9-12H,8H2,1-2H3,(H,23,25,27)/b17-12+. The number of hydrogen-bond acceptors (Lipinski definition) is 5. The van der Waals surface area contributed by atoms with Crippen molar-refractivity contribution in [2.24, 2.45) is 0 Å². The molecule has 2 aromatic carbocycles. The molecule has 1 aliphatic heterocycles. The number of urea groups is 1. The molecule has 0 aliphatic carbocycles. The van der Waals surface area contributed by atoms with Crippen molar-refractivity contribution in [1.82, 2.24) is 5.32 Å². The van der Waals surface area contributed by atoms with Gasteiger partial charge in [0.2, 0.25) is 0 Å². The maximum Gasteiger partial charge on any atom is 0.335 e. The number of nitrogens with one attached hydrogen (secondary N) is 1. The molecule has 1 heterocycles. The van der Waals surface area contributed by atoms with E-state index in [0.717, 1.165) is 16.0 Å². The van der Waals surface area contributed by atoms with Crippen LogP contribution in [0.5, 0.6) is 5.75 Å². The Balaban J connectivity index is 2.04. The first-order chi connectivity index (χ1) is 13.4. The van der Waals surface area contributed by atoms with Crippen molar-refractivity contribution in [2.75, 3.05) is 11.5 Å². The summed E-state index contributed by atoms with van der Waals surface area (Å²) in [5, 5.41) is 10.9. The number of ether oxygens (including phenoxy) is 1. The summed E-state index contributed by atoms with van der Waals surface area (Å²) >= 11 is 0. The zero-order chi connectivity index (χ0) is 20.3. The normalized spacial score (nSPS) is 15.4. The maximum absolute atomic E-state index is 13.0. The number of benzene rings is 2. The van der Waals surface area contributed by atoms with Crippen molar-refractivity contribution in [3.05, 3.63) is 64.7 Å². The molecule has 4 amide bonds. The van der Waals surface area contributed by atoms with E-state index in [1.807, 2.05) is 26.0 Å². The SMILES string of the molecule is Cc1cc(C)cc(N2C(=O)NC(=O)/C(=C\c3ccccc3OCC#N)C2=O)c1. The van der Waals surface area contributed by atoms with Gasteiger partial charge in [-0.05, 0) is 49.2 Å². The average Bonchev–Trinajstić information content (AvgIpc) is 2.63. The Labute approximate surface area is 161 Å². The smallest absolute Gasteiger partial charge is 0.335 e. The molecule has 2 aromatic rings. The summed E-state index contributed by atoms with van der Waals surface area (Å²) in [6, 6.07) is 13.1. The zero-order valence-corrected chi connectivity index (χ0v) is 15.4. The number of nitriles is 1. The van der Waals surface area contributed by atoms with Gasteiger partial charge in [0.25, 0.3) is 11.8 Å². The monoisotopic (exact) mass is 375 g/mol. The van der Waals surface area contributed by atoms with Gasteiger partial charge in [0.05, 0.1) is 5.69 Å². The first kappa shape index (κ1) is 18.9. The van der Waals surface area contributed by atoms with Gasteiger partial charge < -0.3 is 4.74 Å². The highest BCUT2D eigenvalue weighted by atomic mass is 16.5. The molecule has 0 saturated carbocycles. The zero-order valence-electron chi connectivity index (χ0n) is 15.4. The number of hydrogen-bond donors (Lipinski definition) is 1. The van der Waals surface area contributed by atoms with E-state index in [4.69, 9.17) is 10.00 Å². The number of barbiturate groups is 1. The van der Waals surface area contributed by atoms with Crippen molar-refractivity contribution >= 4 is 29.6 Å². The van der Waals surface area contributed by atoms with E-state index in [1.54, 1.807) is 36.4 Å². The molecule has 28 heavy (non-hydrogen) atoms. The van der Waals surface area contributed by atoms with Gasteiger partial charge in [-0.3, -0.25) is 14.9 Å². The first-order valence-corrected chi connectivity index (χ1v) is 8.49. The minimum Gasteiger partial charge on any atom is -0.478 e. The van der Waals surface area contributed by atoms with Crippen LogP contribution in [0, 0.1) is 25.2 Å². The molecule has 7 heteroatoms. The van der Waals surface area contributed by atoms with E-state index in [2.05, 4.69) is 5.32 Å². The second kappa shape index (κ2) is 7.76. The summed E-state index contributed by atoms with van der Waals surface area (Å²) in [6.45, 7) is 3.54. The molecule has 0 atom stereocenters. The minimum atomic E-state index is -0.800. The van der Waals surface area contributed by atoms with Crippen molar-refractivity contribution < 1.29 is 19.1 Å². The summed E-state index contributed by atoms with van der Waals surface area (Å²) in [4.78, 5) is 38.6. The highest BCUT2D eigenvalue weighted by molar-refractivity contribution is 6.39. The Hall–Kier alpha value is -3.92. The molecule has 140 valence electrons. The van der Waals surface area contributed by atoms with Crippen LogP contribution in [0.1, 0.15) is 16.7 Å². The van der Waals surface area contributed by atoms with E-state index in [0.29, 0.717) is 17.0 Å². The molecule has 1 N–H and O–H groups in total. The lowest BCUT2D eigenvalue weighted by atomic mass is 10.0. The molecule has 1 fully saturated rings. The molecule has 3 rings (SSSR count). The van der Waals surface area contributed by atoms with Crippen molar-refractivity contribution in [2.45, 2.75) is 13.8 Å². The van der Waals surface area contributed by atoms with Gasteiger partial charge in [-0.25, -0.2) is 9.69 Å². The number of imide groups is 2. The third-order valence-corrected chi connectivity index (χ3v) is 4.08. The topological polar surface area (TPSA) is 99.5 Å². The lowest BCUT2D eigenvalue weighted by Crippen LogP contribution is -2.54. The number of rotatable bonds is 4. The van der Waals surface area contributed by atoms with E-state index in [1.165, 1.54) is 6.08 Å². The Morgan fingerprint density at radius 2 is 1.79 bits per heavy atom. The van der Waals surface area contributed by atoms with E-state index >= 15 is 0 Å². The summed E-state index contributed by atoms with van der Waals surface area (Å²) in [5.41, 5.74) is 2.40. The Bertz CT molecular complexity index is 1030. The summed E-state index contributed by atoms with van der Waals surface area (Å²) in [5.74, 6) is -1.16. The molecular weight excluding hydrogens is 358 g/mol. The highest BCUT2D eigenvalue weighted by Gasteiger charge is 2.37. The number of carbonyl (C=O) groups excluding carboxylic acids is 3. The predicted octanol–water partition coefficient (Wildman–Crippen LogP) is 2.87. The van der Waals surface area contributed by atoms with Gasteiger partial charge in [0, 0.05) is 5.56 Å². The number of nitrogens with zero attached hydrogens (tertiary/aromatic N) is 2. The molecule has 0 bridgehead atoms. The number of anilines is 1. The first-order valence-electron chi connectivity index (χ1n) is 8.49. The van der Waals surface area contributed by atoms with Gasteiger partial charge >= 0.3 is 6.03 Å². The van der Waals surface area contributed by atoms with E-state index in [9.17, 15) is 14.4 Å². The Morgan fingerprint density at radius 3 is 2.46 bits per heavy atom. The van der Waals surface area contributed by atoms with Crippen molar-refractivity contribution in [3.8, 4) is 11.8 Å². The third-order valence-electron chi connectivity index (χ3n) is 4.08. The van der Waals surface area contributed by atoms with Crippen LogP contribution in [0.2, 0.25) is 0 Å². The average molecular weight is 375 g/mol. The number of para-hydroxylation sites is 1. The van der Waals surface area contributed by atoms with Crippen LogP contribution in [0.4, 0.5) is 10.5 Å². The summed E-state index contributed by atoms with van der Waals surface area (Å²) < 4.78 is 5.33. The molecule has 0 radical (unpaired) electrons. The fourth-order valence-electron chi connectivity index (χ4n) is 2.97. The lowest BCUT2D eigenvalue weighted by Gasteiger charge is -2.27.